The van der Waals surface area contributed by atoms with Gasteiger partial charge in [0, 0.05) is 18.4 Å². The Morgan fingerprint density at radius 1 is 1.06 bits per heavy atom. The second-order valence-corrected chi connectivity index (χ2v) is 8.25. The molecule has 2 aromatic carbocycles. The predicted octanol–water partition coefficient (Wildman–Crippen LogP) is 4.04. The smallest absolute Gasteiger partial charge is 0.441 e. The van der Waals surface area contributed by atoms with Crippen LogP contribution in [0.4, 0.5) is 13.2 Å². The Morgan fingerprint density at radius 2 is 1.82 bits per heavy atom. The van der Waals surface area contributed by atoms with E-state index >= 15 is 0 Å². The van der Waals surface area contributed by atoms with Crippen LogP contribution in [0.25, 0.3) is 22.4 Å². The fourth-order valence-electron chi connectivity index (χ4n) is 3.28. The first-order valence-corrected chi connectivity index (χ1v) is 10.9. The number of alkyl halides is 3. The molecule has 0 saturated heterocycles. The minimum Gasteiger partial charge on any atom is -0.441 e. The van der Waals surface area contributed by atoms with Crippen LogP contribution in [0.5, 0.6) is 5.75 Å². The molecule has 172 valence electrons. The van der Waals surface area contributed by atoms with Gasteiger partial charge in [-0.3, -0.25) is 4.79 Å². The van der Waals surface area contributed by atoms with E-state index in [1.165, 1.54) is 28.8 Å². The molecule has 11 heteroatoms. The van der Waals surface area contributed by atoms with Crippen LogP contribution in [0.1, 0.15) is 17.3 Å². The van der Waals surface area contributed by atoms with Crippen molar-refractivity contribution in [1.82, 2.24) is 19.6 Å². The van der Waals surface area contributed by atoms with Gasteiger partial charge in [0.1, 0.15) is 5.75 Å². The van der Waals surface area contributed by atoms with Crippen molar-refractivity contribution in [2.24, 2.45) is 0 Å². The van der Waals surface area contributed by atoms with Crippen molar-refractivity contribution in [2.45, 2.75) is 19.2 Å². The van der Waals surface area contributed by atoms with Crippen LogP contribution in [0, 0.1) is 0 Å². The standard InChI is InChI=1S/C23H15F3N4O3S/c24-23(25,26)33-16-8-6-14(7-9-16)12-18-21(31)30-22(34-18)28-19(29-30)10-11-20-27-13-17(32-20)15-4-2-1-3-5-15/h1-9,12-13H,10-11H2/b18-12-. The number of rotatable bonds is 6. The molecule has 0 aliphatic carbocycles. The molecule has 5 rings (SSSR count). The van der Waals surface area contributed by atoms with Crippen molar-refractivity contribution >= 4 is 22.4 Å². The van der Waals surface area contributed by atoms with Crippen LogP contribution in [0.15, 0.2) is 70.0 Å². The molecular weight excluding hydrogens is 469 g/mol. The summed E-state index contributed by atoms with van der Waals surface area (Å²) in [7, 11) is 0. The van der Waals surface area contributed by atoms with Gasteiger partial charge in [0.25, 0.3) is 5.56 Å². The number of hydrogen-bond donors (Lipinski definition) is 0. The van der Waals surface area contributed by atoms with Gasteiger partial charge in [-0.05, 0) is 23.8 Å². The molecule has 0 aliphatic heterocycles. The molecule has 34 heavy (non-hydrogen) atoms. The Labute approximate surface area is 193 Å². The van der Waals surface area contributed by atoms with E-state index in [2.05, 4.69) is 19.8 Å². The molecule has 0 aliphatic rings. The summed E-state index contributed by atoms with van der Waals surface area (Å²) in [5, 5.41) is 4.28. The van der Waals surface area contributed by atoms with Gasteiger partial charge >= 0.3 is 6.36 Å². The minimum atomic E-state index is -4.76. The molecule has 0 radical (unpaired) electrons. The first-order chi connectivity index (χ1) is 16.3. The molecule has 0 atom stereocenters. The molecule has 0 fully saturated rings. The molecular formula is C23H15F3N4O3S. The monoisotopic (exact) mass is 484 g/mol. The van der Waals surface area contributed by atoms with Crippen LogP contribution < -0.4 is 14.8 Å². The lowest BCUT2D eigenvalue weighted by Crippen LogP contribution is -2.23. The fraction of sp³-hybridized carbons (Fsp3) is 0.130. The summed E-state index contributed by atoms with van der Waals surface area (Å²) < 4.78 is 48.1. The molecule has 3 heterocycles. The number of halogens is 3. The Hall–Kier alpha value is -3.99. The highest BCUT2D eigenvalue weighted by molar-refractivity contribution is 7.15. The zero-order valence-corrected chi connectivity index (χ0v) is 18.1. The lowest BCUT2D eigenvalue weighted by Gasteiger charge is -2.08. The summed E-state index contributed by atoms with van der Waals surface area (Å²) in [5.41, 5.74) is 1.13. The van der Waals surface area contributed by atoms with E-state index in [1.54, 1.807) is 12.3 Å². The average molecular weight is 484 g/mol. The van der Waals surface area contributed by atoms with Gasteiger partial charge in [-0.2, -0.15) is 4.52 Å². The maximum Gasteiger partial charge on any atom is 0.573 e. The number of fused-ring (bicyclic) bond motifs is 1. The number of thiazole rings is 1. The van der Waals surface area contributed by atoms with Gasteiger partial charge < -0.3 is 9.15 Å². The van der Waals surface area contributed by atoms with Crippen molar-refractivity contribution in [3.63, 3.8) is 0 Å². The SMILES string of the molecule is O=c1/c(=C/c2ccc(OC(F)(F)F)cc2)sc2nc(CCc3ncc(-c4ccccc4)o3)nn12. The summed E-state index contributed by atoms with van der Waals surface area (Å²) >= 11 is 1.15. The topological polar surface area (TPSA) is 82.5 Å². The molecule has 0 unspecified atom stereocenters. The largest absolute Gasteiger partial charge is 0.573 e. The third kappa shape index (κ3) is 4.84. The molecule has 0 spiro atoms. The van der Waals surface area contributed by atoms with Crippen LogP contribution in [-0.4, -0.2) is 25.9 Å². The number of hydrogen-bond acceptors (Lipinski definition) is 7. The summed E-state index contributed by atoms with van der Waals surface area (Å²) in [4.78, 5) is 21.8. The predicted molar refractivity (Wildman–Crippen MR) is 118 cm³/mol. The molecule has 0 bridgehead atoms. The van der Waals surface area contributed by atoms with E-state index in [0.717, 1.165) is 16.9 Å². The van der Waals surface area contributed by atoms with Crippen molar-refractivity contribution < 1.29 is 22.3 Å². The number of aryl methyl sites for hydroxylation is 2. The lowest BCUT2D eigenvalue weighted by atomic mass is 10.2. The summed E-state index contributed by atoms with van der Waals surface area (Å²) in [6.07, 6.45) is -0.596. The fourth-order valence-corrected chi connectivity index (χ4v) is 4.20. The Kier molecular flexibility index (Phi) is 5.62. The molecule has 3 aromatic heterocycles. The Bertz CT molecular complexity index is 1540. The Balaban J connectivity index is 1.29. The second-order valence-electron chi connectivity index (χ2n) is 7.24. The zero-order chi connectivity index (χ0) is 23.7. The quantitative estimate of drug-likeness (QED) is 0.362. The number of benzene rings is 2. The summed E-state index contributed by atoms with van der Waals surface area (Å²) in [5.74, 6) is 1.38. The van der Waals surface area contributed by atoms with Crippen LogP contribution in [0.3, 0.4) is 0 Å². The van der Waals surface area contributed by atoms with Gasteiger partial charge in [0.2, 0.25) is 4.96 Å². The van der Waals surface area contributed by atoms with E-state index in [1.807, 2.05) is 30.3 Å². The normalized spacial score (nSPS) is 12.5. The zero-order valence-electron chi connectivity index (χ0n) is 17.3. The van der Waals surface area contributed by atoms with Crippen LogP contribution in [-0.2, 0) is 12.8 Å². The molecule has 7 nitrogen and oxygen atoms in total. The third-order valence-corrected chi connectivity index (χ3v) is 5.77. The molecule has 5 aromatic rings. The first kappa shape index (κ1) is 21.8. The van der Waals surface area contributed by atoms with Gasteiger partial charge in [0.05, 0.1) is 10.7 Å². The minimum absolute atomic E-state index is 0.332. The van der Waals surface area contributed by atoms with E-state index in [4.69, 9.17) is 4.42 Å². The van der Waals surface area contributed by atoms with Crippen LogP contribution >= 0.6 is 11.3 Å². The van der Waals surface area contributed by atoms with Crippen LogP contribution in [0.2, 0.25) is 0 Å². The van der Waals surface area contributed by atoms with Crippen molar-refractivity contribution in [3.05, 3.63) is 93.0 Å². The van der Waals surface area contributed by atoms with E-state index < -0.39 is 6.36 Å². The van der Waals surface area contributed by atoms with Gasteiger partial charge in [-0.25, -0.2) is 9.97 Å². The van der Waals surface area contributed by atoms with E-state index in [-0.39, 0.29) is 11.3 Å². The van der Waals surface area contributed by atoms with Gasteiger partial charge in [-0.1, -0.05) is 53.8 Å². The average Bonchev–Trinajstić information content (AvgIpc) is 3.50. The number of oxazole rings is 1. The highest BCUT2D eigenvalue weighted by atomic mass is 32.1. The highest BCUT2D eigenvalue weighted by Gasteiger charge is 2.30. The van der Waals surface area contributed by atoms with Gasteiger partial charge in [0.15, 0.2) is 17.5 Å². The van der Waals surface area contributed by atoms with Crippen molar-refractivity contribution in [1.29, 1.82) is 0 Å². The Morgan fingerprint density at radius 3 is 2.53 bits per heavy atom. The second kappa shape index (κ2) is 8.75. The molecule has 0 N–H and O–H groups in total. The highest BCUT2D eigenvalue weighted by Crippen LogP contribution is 2.23. The van der Waals surface area contributed by atoms with E-state index in [9.17, 15) is 18.0 Å². The molecule has 0 saturated carbocycles. The maximum absolute atomic E-state index is 12.7. The lowest BCUT2D eigenvalue weighted by molar-refractivity contribution is -0.274. The first-order valence-electron chi connectivity index (χ1n) is 10.1. The third-order valence-electron chi connectivity index (χ3n) is 4.81. The summed E-state index contributed by atoms with van der Waals surface area (Å²) in [6, 6.07) is 14.9. The van der Waals surface area contributed by atoms with Gasteiger partial charge in [-0.15, -0.1) is 18.3 Å². The number of aromatic nitrogens is 4. The summed E-state index contributed by atoms with van der Waals surface area (Å²) in [6.45, 7) is 0. The number of nitrogens with zero attached hydrogens (tertiary/aromatic N) is 4. The van der Waals surface area contributed by atoms with Crippen molar-refractivity contribution in [2.75, 3.05) is 0 Å². The molecule has 0 amide bonds. The van der Waals surface area contributed by atoms with Crippen molar-refractivity contribution in [3.8, 4) is 17.1 Å². The maximum atomic E-state index is 12.7. The number of ether oxygens (including phenoxy) is 1. The van der Waals surface area contributed by atoms with E-state index in [0.29, 0.717) is 45.4 Å².